The van der Waals surface area contributed by atoms with Gasteiger partial charge in [0.1, 0.15) is 0 Å². The lowest BCUT2D eigenvalue weighted by atomic mass is 10.0. The zero-order valence-electron chi connectivity index (χ0n) is 10.2. The summed E-state index contributed by atoms with van der Waals surface area (Å²) in [6.45, 7) is 2.43. The smallest absolute Gasteiger partial charge is 0.246 e. The van der Waals surface area contributed by atoms with Gasteiger partial charge >= 0.3 is 0 Å². The Kier molecular flexibility index (Phi) is 3.62. The number of benzene rings is 1. The molecule has 1 aliphatic rings. The van der Waals surface area contributed by atoms with Gasteiger partial charge in [-0.2, -0.15) is 0 Å². The van der Waals surface area contributed by atoms with Crippen LogP contribution >= 0.6 is 0 Å². The second-order valence-electron chi connectivity index (χ2n) is 4.50. The van der Waals surface area contributed by atoms with E-state index >= 15 is 0 Å². The highest BCUT2D eigenvalue weighted by molar-refractivity contribution is 6.02. The van der Waals surface area contributed by atoms with Crippen molar-refractivity contribution in [3.8, 4) is 0 Å². The largest absolute Gasteiger partial charge is 0.396 e. The lowest BCUT2D eigenvalue weighted by molar-refractivity contribution is -0.130. The first-order chi connectivity index (χ1) is 8.60. The Morgan fingerprint density at radius 3 is 2.28 bits per heavy atom. The van der Waals surface area contributed by atoms with Crippen molar-refractivity contribution in [1.29, 1.82) is 0 Å². The third kappa shape index (κ3) is 2.68. The zero-order chi connectivity index (χ0) is 13.1. The predicted octanol–water partition coefficient (Wildman–Crippen LogP) is 0.245. The van der Waals surface area contributed by atoms with Crippen LogP contribution in [0.3, 0.4) is 0 Å². The number of anilines is 1. The van der Waals surface area contributed by atoms with Crippen LogP contribution in [0.2, 0.25) is 0 Å². The minimum Gasteiger partial charge on any atom is -0.396 e. The van der Waals surface area contributed by atoms with Crippen LogP contribution in [0.1, 0.15) is 18.4 Å². The summed E-state index contributed by atoms with van der Waals surface area (Å²) in [5.74, 6) is -0.469. The molecule has 96 valence electrons. The second-order valence-corrected chi connectivity index (χ2v) is 4.50. The monoisotopic (exact) mass is 248 g/mol. The van der Waals surface area contributed by atoms with Gasteiger partial charge < -0.3 is 10.0 Å². The molecule has 1 atom stereocenters. The molecule has 1 unspecified atom stereocenters. The number of aliphatic hydroxyl groups excluding tert-OH is 1. The number of hydrogen-bond acceptors (Lipinski definition) is 4. The number of nitrogens with one attached hydrogen (secondary N) is 1. The third-order valence-electron chi connectivity index (χ3n) is 3.05. The number of imide groups is 1. The van der Waals surface area contributed by atoms with Crippen molar-refractivity contribution in [2.24, 2.45) is 0 Å². The maximum Gasteiger partial charge on any atom is 0.246 e. The first-order valence-corrected chi connectivity index (χ1v) is 5.88. The fraction of sp³-hybridized carbons (Fsp3) is 0.385. The molecular formula is C13H16N2O3. The van der Waals surface area contributed by atoms with Crippen molar-refractivity contribution in [3.05, 3.63) is 29.8 Å². The zero-order valence-corrected chi connectivity index (χ0v) is 10.2. The van der Waals surface area contributed by atoms with E-state index in [1.165, 1.54) is 0 Å². The lowest BCUT2D eigenvalue weighted by Gasteiger charge is -2.27. The standard InChI is InChI=1S/C13H16N2O3/c1-9(8-16)10-2-4-11(5-3-10)15-6-12(17)14-13(18)7-15/h2-5,9,16H,6-8H2,1H3,(H,14,17,18). The van der Waals surface area contributed by atoms with E-state index in [4.69, 9.17) is 5.11 Å². The molecule has 0 spiro atoms. The molecule has 2 amide bonds. The Hall–Kier alpha value is -1.88. The van der Waals surface area contributed by atoms with Gasteiger partial charge in [0.05, 0.1) is 13.1 Å². The molecule has 0 saturated carbocycles. The van der Waals surface area contributed by atoms with Gasteiger partial charge in [-0.05, 0) is 17.7 Å². The Morgan fingerprint density at radius 2 is 1.78 bits per heavy atom. The van der Waals surface area contributed by atoms with E-state index in [0.29, 0.717) is 0 Å². The quantitative estimate of drug-likeness (QED) is 0.752. The molecule has 2 rings (SSSR count). The second kappa shape index (κ2) is 5.18. The molecule has 2 N–H and O–H groups in total. The summed E-state index contributed by atoms with van der Waals surface area (Å²) in [6.07, 6.45) is 0. The summed E-state index contributed by atoms with van der Waals surface area (Å²) in [5.41, 5.74) is 1.88. The molecule has 0 bridgehead atoms. The van der Waals surface area contributed by atoms with Gasteiger partial charge in [-0.1, -0.05) is 19.1 Å². The number of piperazine rings is 1. The molecule has 0 radical (unpaired) electrons. The lowest BCUT2D eigenvalue weighted by Crippen LogP contribution is -2.51. The Balaban J connectivity index is 2.14. The number of hydrogen-bond donors (Lipinski definition) is 2. The molecule has 1 aromatic carbocycles. The van der Waals surface area contributed by atoms with E-state index in [1.54, 1.807) is 4.90 Å². The summed E-state index contributed by atoms with van der Waals surface area (Å²) in [4.78, 5) is 24.3. The number of amides is 2. The molecule has 1 saturated heterocycles. The predicted molar refractivity (Wildman–Crippen MR) is 67.3 cm³/mol. The van der Waals surface area contributed by atoms with E-state index in [0.717, 1.165) is 11.3 Å². The van der Waals surface area contributed by atoms with Crippen molar-refractivity contribution in [2.45, 2.75) is 12.8 Å². The number of carbonyl (C=O) groups excluding carboxylic acids is 2. The van der Waals surface area contributed by atoms with E-state index in [-0.39, 0.29) is 37.4 Å². The van der Waals surface area contributed by atoms with Gasteiger partial charge in [0, 0.05) is 18.2 Å². The highest BCUT2D eigenvalue weighted by atomic mass is 16.3. The van der Waals surface area contributed by atoms with E-state index in [1.807, 2.05) is 31.2 Å². The van der Waals surface area contributed by atoms with Gasteiger partial charge in [0.25, 0.3) is 0 Å². The van der Waals surface area contributed by atoms with Crippen LogP contribution in [0.4, 0.5) is 5.69 Å². The molecule has 5 heteroatoms. The average Bonchev–Trinajstić information content (AvgIpc) is 2.37. The number of carbonyl (C=O) groups is 2. The van der Waals surface area contributed by atoms with Crippen LogP contribution in [0.15, 0.2) is 24.3 Å². The highest BCUT2D eigenvalue weighted by Crippen LogP contribution is 2.20. The van der Waals surface area contributed by atoms with Crippen LogP contribution in [-0.2, 0) is 9.59 Å². The van der Waals surface area contributed by atoms with E-state index in [2.05, 4.69) is 5.32 Å². The fourth-order valence-electron chi connectivity index (χ4n) is 1.94. The van der Waals surface area contributed by atoms with Crippen molar-refractivity contribution < 1.29 is 14.7 Å². The molecule has 1 aromatic rings. The minimum atomic E-state index is -0.279. The SMILES string of the molecule is CC(CO)c1ccc(N2CC(=O)NC(=O)C2)cc1. The van der Waals surface area contributed by atoms with Crippen LogP contribution in [0.5, 0.6) is 0 Å². The van der Waals surface area contributed by atoms with Gasteiger partial charge in [-0.25, -0.2) is 0 Å². The molecule has 5 nitrogen and oxygen atoms in total. The van der Waals surface area contributed by atoms with Crippen LogP contribution in [-0.4, -0.2) is 36.6 Å². The normalized spacial score (nSPS) is 17.6. The van der Waals surface area contributed by atoms with Crippen LogP contribution in [0.25, 0.3) is 0 Å². The summed E-state index contributed by atoms with van der Waals surface area (Å²) in [7, 11) is 0. The third-order valence-corrected chi connectivity index (χ3v) is 3.05. The van der Waals surface area contributed by atoms with Gasteiger partial charge in [-0.15, -0.1) is 0 Å². The molecule has 1 heterocycles. The number of aliphatic hydroxyl groups is 1. The molecule has 0 aliphatic carbocycles. The maximum atomic E-state index is 11.3. The summed E-state index contributed by atoms with van der Waals surface area (Å²) < 4.78 is 0. The van der Waals surface area contributed by atoms with Gasteiger partial charge in [0.15, 0.2) is 0 Å². The van der Waals surface area contributed by atoms with Crippen LogP contribution < -0.4 is 10.2 Å². The first kappa shape index (κ1) is 12.6. The molecule has 0 aromatic heterocycles. The van der Waals surface area contributed by atoms with Crippen molar-refractivity contribution in [3.63, 3.8) is 0 Å². The van der Waals surface area contributed by atoms with Crippen molar-refractivity contribution >= 4 is 17.5 Å². The van der Waals surface area contributed by atoms with Crippen molar-refractivity contribution in [1.82, 2.24) is 5.32 Å². The molecule has 1 fully saturated rings. The summed E-state index contributed by atoms with van der Waals surface area (Å²) in [5, 5.41) is 11.3. The van der Waals surface area contributed by atoms with E-state index < -0.39 is 0 Å². The van der Waals surface area contributed by atoms with Gasteiger partial charge in [0.2, 0.25) is 11.8 Å². The first-order valence-electron chi connectivity index (χ1n) is 5.88. The highest BCUT2D eigenvalue weighted by Gasteiger charge is 2.22. The van der Waals surface area contributed by atoms with Crippen molar-refractivity contribution in [2.75, 3.05) is 24.6 Å². The molecule has 18 heavy (non-hydrogen) atoms. The topological polar surface area (TPSA) is 69.6 Å². The maximum absolute atomic E-state index is 11.3. The minimum absolute atomic E-state index is 0.0883. The van der Waals surface area contributed by atoms with E-state index in [9.17, 15) is 9.59 Å². The van der Waals surface area contributed by atoms with Crippen LogP contribution in [0, 0.1) is 0 Å². The van der Waals surface area contributed by atoms with Gasteiger partial charge in [-0.3, -0.25) is 14.9 Å². The number of rotatable bonds is 3. The Morgan fingerprint density at radius 1 is 1.22 bits per heavy atom. The average molecular weight is 248 g/mol. The molecular weight excluding hydrogens is 232 g/mol. The number of nitrogens with zero attached hydrogens (tertiary/aromatic N) is 1. The fourth-order valence-corrected chi connectivity index (χ4v) is 1.94. The Labute approximate surface area is 105 Å². The molecule has 1 aliphatic heterocycles. The summed E-state index contributed by atoms with van der Waals surface area (Å²) >= 11 is 0. The summed E-state index contributed by atoms with van der Waals surface area (Å²) in [6, 6.07) is 7.56. The Bertz CT molecular complexity index is 440.